The highest BCUT2D eigenvalue weighted by Gasteiger charge is 2.22. The molecule has 0 saturated heterocycles. The SMILES string of the molecule is NS(=O)(=O)c1cc(S(N)(=O)=O)c(Cl)cc1F. The van der Waals surface area contributed by atoms with Gasteiger partial charge in [0.05, 0.1) is 5.02 Å². The molecule has 6 nitrogen and oxygen atoms in total. The van der Waals surface area contributed by atoms with Crippen molar-refractivity contribution in [2.24, 2.45) is 10.3 Å². The second-order valence-corrected chi connectivity index (χ2v) is 6.27. The number of sulfonamides is 2. The van der Waals surface area contributed by atoms with Crippen LogP contribution >= 0.6 is 11.6 Å². The van der Waals surface area contributed by atoms with Crippen LogP contribution in [0.25, 0.3) is 0 Å². The first-order chi connectivity index (χ1) is 7.03. The van der Waals surface area contributed by atoms with Crippen LogP contribution in [0.2, 0.25) is 5.02 Å². The zero-order valence-corrected chi connectivity index (χ0v) is 9.90. The van der Waals surface area contributed by atoms with Gasteiger partial charge in [-0.1, -0.05) is 11.6 Å². The van der Waals surface area contributed by atoms with Gasteiger partial charge in [-0.15, -0.1) is 0 Å². The van der Waals surface area contributed by atoms with E-state index < -0.39 is 40.7 Å². The molecular weight excluding hydrogens is 283 g/mol. The lowest BCUT2D eigenvalue weighted by molar-refractivity contribution is 0.565. The van der Waals surface area contributed by atoms with Crippen LogP contribution in [-0.4, -0.2) is 16.8 Å². The van der Waals surface area contributed by atoms with E-state index in [0.29, 0.717) is 12.1 Å². The lowest BCUT2D eigenvalue weighted by atomic mass is 10.3. The molecule has 0 aliphatic carbocycles. The van der Waals surface area contributed by atoms with Gasteiger partial charge in [0.15, 0.2) is 0 Å². The predicted octanol–water partition coefficient (Wildman–Crippen LogP) is -0.226. The van der Waals surface area contributed by atoms with Crippen molar-refractivity contribution >= 4 is 31.6 Å². The molecule has 1 aromatic rings. The van der Waals surface area contributed by atoms with Gasteiger partial charge in [0.25, 0.3) is 0 Å². The minimum atomic E-state index is -4.39. The molecule has 0 fully saturated rings. The van der Waals surface area contributed by atoms with Crippen LogP contribution in [0.4, 0.5) is 4.39 Å². The molecule has 0 amide bonds. The Kier molecular flexibility index (Phi) is 3.27. The van der Waals surface area contributed by atoms with Gasteiger partial charge in [-0.2, -0.15) is 0 Å². The summed E-state index contributed by atoms with van der Waals surface area (Å²) in [6.07, 6.45) is 0. The maximum Gasteiger partial charge on any atom is 0.241 e. The number of hydrogen-bond donors (Lipinski definition) is 2. The Bertz CT molecular complexity index is 587. The quantitative estimate of drug-likeness (QED) is 0.781. The zero-order chi connectivity index (χ0) is 12.7. The van der Waals surface area contributed by atoms with Gasteiger partial charge in [0.2, 0.25) is 20.0 Å². The van der Waals surface area contributed by atoms with Crippen LogP contribution in [0, 0.1) is 5.82 Å². The summed E-state index contributed by atoms with van der Waals surface area (Å²) in [6.45, 7) is 0. The Morgan fingerprint density at radius 3 is 1.81 bits per heavy atom. The van der Waals surface area contributed by atoms with Crippen molar-refractivity contribution in [2.75, 3.05) is 0 Å². The average molecular weight is 289 g/mol. The fourth-order valence-electron chi connectivity index (χ4n) is 0.947. The highest BCUT2D eigenvalue weighted by molar-refractivity contribution is 7.90. The van der Waals surface area contributed by atoms with E-state index in [1.807, 2.05) is 0 Å². The van der Waals surface area contributed by atoms with Crippen LogP contribution < -0.4 is 10.3 Å². The molecule has 4 N–H and O–H groups in total. The number of benzene rings is 1. The minimum Gasteiger partial charge on any atom is -0.225 e. The first kappa shape index (κ1) is 13.3. The molecule has 0 aromatic heterocycles. The van der Waals surface area contributed by atoms with Gasteiger partial charge in [-0.25, -0.2) is 31.5 Å². The maximum atomic E-state index is 13.1. The van der Waals surface area contributed by atoms with Gasteiger partial charge in [0, 0.05) is 0 Å². The van der Waals surface area contributed by atoms with Gasteiger partial charge in [0.1, 0.15) is 15.6 Å². The van der Waals surface area contributed by atoms with E-state index in [9.17, 15) is 21.2 Å². The van der Waals surface area contributed by atoms with Crippen LogP contribution in [-0.2, 0) is 20.0 Å². The Morgan fingerprint density at radius 1 is 1.00 bits per heavy atom. The van der Waals surface area contributed by atoms with Crippen LogP contribution in [0.15, 0.2) is 21.9 Å². The van der Waals surface area contributed by atoms with Crippen molar-refractivity contribution in [3.05, 3.63) is 23.0 Å². The molecule has 0 unspecified atom stereocenters. The lowest BCUT2D eigenvalue weighted by Gasteiger charge is -2.05. The zero-order valence-electron chi connectivity index (χ0n) is 7.51. The Hall–Kier alpha value is -0.740. The number of primary sulfonamides is 2. The van der Waals surface area contributed by atoms with E-state index in [4.69, 9.17) is 16.7 Å². The first-order valence-electron chi connectivity index (χ1n) is 3.58. The molecule has 0 bridgehead atoms. The predicted molar refractivity (Wildman–Crippen MR) is 54.2 cm³/mol. The average Bonchev–Trinajstić information content (AvgIpc) is 1.97. The second kappa shape index (κ2) is 3.93. The smallest absolute Gasteiger partial charge is 0.225 e. The summed E-state index contributed by atoms with van der Waals surface area (Å²) in [5.74, 6) is -1.25. The topological polar surface area (TPSA) is 120 Å². The van der Waals surface area contributed by atoms with Gasteiger partial charge in [-0.3, -0.25) is 0 Å². The summed E-state index contributed by atoms with van der Waals surface area (Å²) in [5, 5.41) is 8.90. The van der Waals surface area contributed by atoms with Crippen LogP contribution in [0.1, 0.15) is 0 Å². The fraction of sp³-hybridized carbons (Fsp3) is 0. The number of rotatable bonds is 2. The lowest BCUT2D eigenvalue weighted by Crippen LogP contribution is -2.18. The second-order valence-electron chi connectivity index (χ2n) is 2.80. The minimum absolute atomic E-state index is 0.475. The number of hydrogen-bond acceptors (Lipinski definition) is 4. The largest absolute Gasteiger partial charge is 0.241 e. The number of nitrogens with two attached hydrogens (primary N) is 2. The first-order valence-corrected chi connectivity index (χ1v) is 7.05. The third-order valence-electron chi connectivity index (χ3n) is 1.60. The van der Waals surface area contributed by atoms with Crippen molar-refractivity contribution in [3.63, 3.8) is 0 Å². The molecule has 0 atom stereocenters. The van der Waals surface area contributed by atoms with E-state index in [-0.39, 0.29) is 0 Å². The molecule has 0 radical (unpaired) electrons. The van der Waals surface area contributed by atoms with E-state index >= 15 is 0 Å². The molecule has 16 heavy (non-hydrogen) atoms. The monoisotopic (exact) mass is 288 g/mol. The molecule has 1 aromatic carbocycles. The molecule has 0 heterocycles. The summed E-state index contributed by atoms with van der Waals surface area (Å²) in [7, 11) is -8.64. The summed E-state index contributed by atoms with van der Waals surface area (Å²) in [4.78, 5) is -1.69. The normalized spacial score (nSPS) is 12.8. The van der Waals surface area contributed by atoms with E-state index in [1.54, 1.807) is 0 Å². The van der Waals surface area contributed by atoms with Crippen molar-refractivity contribution < 1.29 is 21.2 Å². The molecule has 0 saturated carbocycles. The third-order valence-corrected chi connectivity index (χ3v) is 3.90. The molecular formula is C6H6ClFN2O4S2. The fourth-order valence-corrected chi connectivity index (χ4v) is 2.72. The molecule has 10 heteroatoms. The number of halogens is 2. The Balaban J connectivity index is 3.72. The molecule has 1 rings (SSSR count). The standard InChI is InChI=1S/C6H6ClFN2O4S2/c7-3-1-4(8)6(16(10,13)14)2-5(3)15(9,11)12/h1-2H,(H2,9,11,12)(H2,10,13,14). The Morgan fingerprint density at radius 2 is 1.44 bits per heavy atom. The van der Waals surface area contributed by atoms with Gasteiger partial charge < -0.3 is 0 Å². The van der Waals surface area contributed by atoms with Crippen LogP contribution in [0.5, 0.6) is 0 Å². The van der Waals surface area contributed by atoms with E-state index in [2.05, 4.69) is 5.14 Å². The molecule has 0 spiro atoms. The summed E-state index contributed by atoms with van der Waals surface area (Å²) in [5.41, 5.74) is 0. The molecule has 90 valence electrons. The molecule has 0 aliphatic heterocycles. The van der Waals surface area contributed by atoms with Crippen molar-refractivity contribution in [2.45, 2.75) is 9.79 Å². The summed E-state index contributed by atoms with van der Waals surface area (Å²) in [6, 6.07) is 0.989. The third kappa shape index (κ3) is 2.68. The maximum absolute atomic E-state index is 13.1. The van der Waals surface area contributed by atoms with Crippen molar-refractivity contribution in [3.8, 4) is 0 Å². The summed E-state index contributed by atoms with van der Waals surface area (Å²) >= 11 is 5.40. The van der Waals surface area contributed by atoms with Crippen molar-refractivity contribution in [1.29, 1.82) is 0 Å². The van der Waals surface area contributed by atoms with Gasteiger partial charge in [-0.05, 0) is 12.1 Å². The van der Waals surface area contributed by atoms with Crippen molar-refractivity contribution in [1.82, 2.24) is 0 Å². The molecule has 0 aliphatic rings. The Labute approximate surface area is 96.1 Å². The highest BCUT2D eigenvalue weighted by atomic mass is 35.5. The van der Waals surface area contributed by atoms with Crippen LogP contribution in [0.3, 0.4) is 0 Å². The van der Waals surface area contributed by atoms with E-state index in [1.165, 1.54) is 0 Å². The summed E-state index contributed by atoms with van der Waals surface area (Å²) < 4.78 is 56.9. The highest BCUT2D eigenvalue weighted by Crippen LogP contribution is 2.25. The van der Waals surface area contributed by atoms with E-state index in [0.717, 1.165) is 0 Å². The van der Waals surface area contributed by atoms with Gasteiger partial charge >= 0.3 is 0 Å².